The highest BCUT2D eigenvalue weighted by Gasteiger charge is 2.20. The van der Waals surface area contributed by atoms with Crippen LogP contribution in [0.25, 0.3) is 0 Å². The van der Waals surface area contributed by atoms with Crippen LogP contribution in [0.3, 0.4) is 0 Å². The Labute approximate surface area is 123 Å². The lowest BCUT2D eigenvalue weighted by atomic mass is 10.1. The zero-order chi connectivity index (χ0) is 14.7. The van der Waals surface area contributed by atoms with Gasteiger partial charge in [0.2, 0.25) is 0 Å². The first-order chi connectivity index (χ1) is 10.2. The van der Waals surface area contributed by atoms with E-state index in [1.54, 1.807) is 12.1 Å². The lowest BCUT2D eigenvalue weighted by molar-refractivity contribution is -0.384. The quantitative estimate of drug-likeness (QED) is 0.629. The van der Waals surface area contributed by atoms with E-state index in [9.17, 15) is 10.1 Å². The second kappa shape index (κ2) is 6.13. The second-order valence-corrected chi connectivity index (χ2v) is 5.28. The molecule has 2 heterocycles. The predicted molar refractivity (Wildman–Crippen MR) is 80.4 cm³/mol. The van der Waals surface area contributed by atoms with Crippen LogP contribution in [0.1, 0.15) is 6.42 Å². The average Bonchev–Trinajstić information content (AvgIpc) is 2.56. The minimum Gasteiger partial charge on any atom is -0.378 e. The van der Waals surface area contributed by atoms with E-state index >= 15 is 0 Å². The summed E-state index contributed by atoms with van der Waals surface area (Å²) < 4.78 is 5.39. The number of nitro benzene ring substituents is 1. The van der Waals surface area contributed by atoms with E-state index < -0.39 is 0 Å². The van der Waals surface area contributed by atoms with Crippen molar-refractivity contribution in [3.8, 4) is 0 Å². The number of ether oxygens (including phenoxy) is 1. The molecule has 2 aliphatic rings. The number of nitro groups is 1. The van der Waals surface area contributed by atoms with Gasteiger partial charge in [0.05, 0.1) is 24.7 Å². The maximum Gasteiger partial charge on any atom is 0.269 e. The first-order valence-electron chi connectivity index (χ1n) is 7.25. The fraction of sp³-hybridized carbons (Fsp3) is 0.467. The molecule has 0 radical (unpaired) electrons. The van der Waals surface area contributed by atoms with E-state index in [4.69, 9.17) is 4.74 Å². The highest BCUT2D eigenvalue weighted by Crippen LogP contribution is 2.24. The maximum absolute atomic E-state index is 10.7. The Hall–Kier alpha value is -2.08. The molecule has 0 atom stereocenters. The van der Waals surface area contributed by atoms with Crippen molar-refractivity contribution in [3.63, 3.8) is 0 Å². The number of anilines is 1. The van der Waals surface area contributed by atoms with Crippen molar-refractivity contribution in [2.45, 2.75) is 6.42 Å². The zero-order valence-corrected chi connectivity index (χ0v) is 11.9. The largest absolute Gasteiger partial charge is 0.378 e. The van der Waals surface area contributed by atoms with Crippen molar-refractivity contribution in [3.05, 3.63) is 46.2 Å². The highest BCUT2D eigenvalue weighted by atomic mass is 16.6. The van der Waals surface area contributed by atoms with Crippen molar-refractivity contribution in [2.24, 2.45) is 0 Å². The number of rotatable bonds is 3. The number of hydrogen-bond donors (Lipinski definition) is 0. The van der Waals surface area contributed by atoms with Crippen LogP contribution >= 0.6 is 0 Å². The van der Waals surface area contributed by atoms with Crippen LogP contribution in [0.4, 0.5) is 11.4 Å². The third-order valence-corrected chi connectivity index (χ3v) is 3.97. The molecular weight excluding hydrogens is 270 g/mol. The zero-order valence-electron chi connectivity index (χ0n) is 11.9. The van der Waals surface area contributed by atoms with Gasteiger partial charge in [0, 0.05) is 43.2 Å². The van der Waals surface area contributed by atoms with E-state index in [1.807, 2.05) is 12.1 Å². The molecule has 6 heteroatoms. The molecule has 0 saturated carbocycles. The van der Waals surface area contributed by atoms with Gasteiger partial charge in [0.25, 0.3) is 5.69 Å². The molecule has 1 saturated heterocycles. The first-order valence-corrected chi connectivity index (χ1v) is 7.25. The standard InChI is InChI=1S/C15H19N3O3/c19-18(20)14-5-3-13(4-6-14)17-7-1-2-15(12-17)16-8-10-21-11-9-16/h2-6H,1,7-12H2. The molecule has 0 bridgehead atoms. The number of morpholine rings is 1. The van der Waals surface area contributed by atoms with Gasteiger partial charge in [-0.3, -0.25) is 10.1 Å². The summed E-state index contributed by atoms with van der Waals surface area (Å²) >= 11 is 0. The molecule has 0 N–H and O–H groups in total. The van der Waals surface area contributed by atoms with Gasteiger partial charge in [-0.1, -0.05) is 6.08 Å². The monoisotopic (exact) mass is 289 g/mol. The Morgan fingerprint density at radius 3 is 2.43 bits per heavy atom. The van der Waals surface area contributed by atoms with E-state index in [0.717, 1.165) is 51.5 Å². The van der Waals surface area contributed by atoms with Crippen LogP contribution in [0, 0.1) is 10.1 Å². The Morgan fingerprint density at radius 2 is 1.76 bits per heavy atom. The smallest absolute Gasteiger partial charge is 0.269 e. The summed E-state index contributed by atoms with van der Waals surface area (Å²) in [7, 11) is 0. The molecule has 0 aromatic heterocycles. The van der Waals surface area contributed by atoms with E-state index in [-0.39, 0.29) is 10.6 Å². The summed E-state index contributed by atoms with van der Waals surface area (Å²) in [6.45, 7) is 5.27. The van der Waals surface area contributed by atoms with Crippen molar-refractivity contribution >= 4 is 11.4 Å². The van der Waals surface area contributed by atoms with Gasteiger partial charge in [-0.25, -0.2) is 0 Å². The van der Waals surface area contributed by atoms with E-state index in [2.05, 4.69) is 15.9 Å². The van der Waals surface area contributed by atoms with Gasteiger partial charge < -0.3 is 14.5 Å². The van der Waals surface area contributed by atoms with Crippen LogP contribution in [0.15, 0.2) is 36.0 Å². The molecule has 3 rings (SSSR count). The van der Waals surface area contributed by atoms with E-state index in [0.29, 0.717) is 0 Å². The van der Waals surface area contributed by atoms with Crippen LogP contribution in [0.2, 0.25) is 0 Å². The molecule has 1 fully saturated rings. The highest BCUT2D eigenvalue weighted by molar-refractivity contribution is 5.52. The Morgan fingerprint density at radius 1 is 1.05 bits per heavy atom. The Kier molecular flexibility index (Phi) is 4.06. The first kappa shape index (κ1) is 13.9. The second-order valence-electron chi connectivity index (χ2n) is 5.28. The minimum absolute atomic E-state index is 0.139. The summed E-state index contributed by atoms with van der Waals surface area (Å²) in [5.74, 6) is 0. The topological polar surface area (TPSA) is 58.9 Å². The minimum atomic E-state index is -0.362. The summed E-state index contributed by atoms with van der Waals surface area (Å²) in [5, 5.41) is 10.7. The Bertz CT molecular complexity index is 536. The SMILES string of the molecule is O=[N+]([O-])c1ccc(N2CCC=C(N3CCOCC3)C2)cc1. The van der Waals surface area contributed by atoms with Gasteiger partial charge in [-0.2, -0.15) is 0 Å². The molecule has 1 aromatic rings. The Balaban J connectivity index is 1.69. The number of nitrogens with zero attached hydrogens (tertiary/aromatic N) is 3. The van der Waals surface area contributed by atoms with Crippen molar-refractivity contribution < 1.29 is 9.66 Å². The van der Waals surface area contributed by atoms with Gasteiger partial charge in [-0.05, 0) is 18.6 Å². The summed E-state index contributed by atoms with van der Waals surface area (Å²) in [5.41, 5.74) is 2.52. The molecule has 0 unspecified atom stereocenters. The predicted octanol–water partition coefficient (Wildman–Crippen LogP) is 2.02. The van der Waals surface area contributed by atoms with Crippen LogP contribution in [0.5, 0.6) is 0 Å². The molecule has 0 aliphatic carbocycles. The van der Waals surface area contributed by atoms with Crippen molar-refractivity contribution in [1.29, 1.82) is 0 Å². The molecule has 1 aromatic carbocycles. The summed E-state index contributed by atoms with van der Waals surface area (Å²) in [4.78, 5) is 15.0. The van der Waals surface area contributed by atoms with Crippen LogP contribution in [-0.4, -0.2) is 49.2 Å². The lowest BCUT2D eigenvalue weighted by Gasteiger charge is -2.37. The molecule has 0 amide bonds. The summed E-state index contributed by atoms with van der Waals surface area (Å²) in [6.07, 6.45) is 3.30. The normalized spacial score (nSPS) is 19.3. The molecule has 0 spiro atoms. The lowest BCUT2D eigenvalue weighted by Crippen LogP contribution is -2.42. The fourth-order valence-electron chi connectivity index (χ4n) is 2.81. The van der Waals surface area contributed by atoms with Crippen molar-refractivity contribution in [2.75, 3.05) is 44.3 Å². The molecule has 21 heavy (non-hydrogen) atoms. The molecule has 112 valence electrons. The van der Waals surface area contributed by atoms with Gasteiger partial charge in [0.1, 0.15) is 0 Å². The van der Waals surface area contributed by atoms with Gasteiger partial charge in [-0.15, -0.1) is 0 Å². The third-order valence-electron chi connectivity index (χ3n) is 3.97. The number of benzene rings is 1. The van der Waals surface area contributed by atoms with E-state index in [1.165, 1.54) is 5.70 Å². The molecule has 2 aliphatic heterocycles. The van der Waals surface area contributed by atoms with Crippen LogP contribution in [-0.2, 0) is 4.74 Å². The number of non-ortho nitro benzene ring substituents is 1. The van der Waals surface area contributed by atoms with Crippen LogP contribution < -0.4 is 4.90 Å². The molecular formula is C15H19N3O3. The maximum atomic E-state index is 10.7. The third kappa shape index (κ3) is 3.16. The number of hydrogen-bond acceptors (Lipinski definition) is 5. The molecule has 6 nitrogen and oxygen atoms in total. The average molecular weight is 289 g/mol. The summed E-state index contributed by atoms with van der Waals surface area (Å²) in [6, 6.07) is 6.81. The fourth-order valence-corrected chi connectivity index (χ4v) is 2.81. The van der Waals surface area contributed by atoms with Crippen molar-refractivity contribution in [1.82, 2.24) is 4.90 Å². The van der Waals surface area contributed by atoms with Gasteiger partial charge >= 0.3 is 0 Å². The van der Waals surface area contributed by atoms with Gasteiger partial charge in [0.15, 0.2) is 0 Å².